The topological polar surface area (TPSA) is 20.3 Å². The number of benzene rings is 1. The third-order valence-corrected chi connectivity index (χ3v) is 3.63. The Balaban J connectivity index is 2.22. The zero-order valence-electron chi connectivity index (χ0n) is 11.0. The number of hydrogen-bond donors (Lipinski definition) is 0. The van der Waals surface area contributed by atoms with Gasteiger partial charge in [-0.3, -0.25) is 4.79 Å². The maximum absolute atomic E-state index is 12.0. The number of halogens is 1. The van der Waals surface area contributed by atoms with Crippen molar-refractivity contribution in [3.05, 3.63) is 29.8 Å². The molecule has 0 atom stereocenters. The molecule has 0 heterocycles. The number of hydrogen-bond acceptors (Lipinski definition) is 1. The SMILES string of the molecule is CC(C)c1cccc(N(CC2CC2)C(=O)CCl)c1. The molecule has 1 aliphatic carbocycles. The molecule has 2 rings (SSSR count). The minimum absolute atomic E-state index is 0.00414. The molecular weight excluding hydrogens is 246 g/mol. The van der Waals surface area contributed by atoms with E-state index in [-0.39, 0.29) is 11.8 Å². The third-order valence-electron chi connectivity index (χ3n) is 3.40. The van der Waals surface area contributed by atoms with Crippen molar-refractivity contribution in [2.24, 2.45) is 5.92 Å². The van der Waals surface area contributed by atoms with Gasteiger partial charge in [-0.15, -0.1) is 11.6 Å². The molecule has 1 aromatic carbocycles. The van der Waals surface area contributed by atoms with E-state index in [1.807, 2.05) is 17.0 Å². The molecule has 18 heavy (non-hydrogen) atoms. The highest BCUT2D eigenvalue weighted by molar-refractivity contribution is 6.29. The fourth-order valence-corrected chi connectivity index (χ4v) is 2.18. The monoisotopic (exact) mass is 265 g/mol. The maximum atomic E-state index is 12.0. The average Bonchev–Trinajstić information content (AvgIpc) is 3.19. The van der Waals surface area contributed by atoms with Crippen LogP contribution in [0.4, 0.5) is 5.69 Å². The van der Waals surface area contributed by atoms with Gasteiger partial charge in [0.1, 0.15) is 5.88 Å². The zero-order valence-corrected chi connectivity index (χ0v) is 11.8. The van der Waals surface area contributed by atoms with Crippen LogP contribution in [-0.2, 0) is 4.79 Å². The molecule has 0 N–H and O–H groups in total. The Morgan fingerprint density at radius 3 is 2.72 bits per heavy atom. The van der Waals surface area contributed by atoms with Crippen LogP contribution in [0.1, 0.15) is 38.2 Å². The Labute approximate surface area is 114 Å². The summed E-state index contributed by atoms with van der Waals surface area (Å²) in [6, 6.07) is 8.23. The summed E-state index contributed by atoms with van der Waals surface area (Å²) in [6.45, 7) is 5.13. The van der Waals surface area contributed by atoms with Gasteiger partial charge >= 0.3 is 0 Å². The molecule has 0 aromatic heterocycles. The molecule has 98 valence electrons. The van der Waals surface area contributed by atoms with Gasteiger partial charge < -0.3 is 4.90 Å². The first-order chi connectivity index (χ1) is 8.61. The lowest BCUT2D eigenvalue weighted by atomic mass is 10.0. The van der Waals surface area contributed by atoms with Gasteiger partial charge in [0.25, 0.3) is 0 Å². The van der Waals surface area contributed by atoms with E-state index in [0.717, 1.165) is 12.2 Å². The Morgan fingerprint density at radius 2 is 2.17 bits per heavy atom. The summed E-state index contributed by atoms with van der Waals surface area (Å²) in [7, 11) is 0. The van der Waals surface area contributed by atoms with Crippen LogP contribution in [0.25, 0.3) is 0 Å². The van der Waals surface area contributed by atoms with Crippen molar-refractivity contribution in [2.75, 3.05) is 17.3 Å². The van der Waals surface area contributed by atoms with Crippen LogP contribution in [0.5, 0.6) is 0 Å². The number of rotatable bonds is 5. The van der Waals surface area contributed by atoms with Gasteiger partial charge in [0, 0.05) is 12.2 Å². The molecule has 1 amide bonds. The van der Waals surface area contributed by atoms with Crippen LogP contribution in [0, 0.1) is 5.92 Å². The van der Waals surface area contributed by atoms with Crippen LogP contribution < -0.4 is 4.90 Å². The molecule has 0 bridgehead atoms. The highest BCUT2D eigenvalue weighted by Crippen LogP contribution is 2.32. The summed E-state index contributed by atoms with van der Waals surface area (Å²) >= 11 is 5.71. The van der Waals surface area contributed by atoms with Gasteiger partial charge in [-0.05, 0) is 42.4 Å². The predicted octanol–water partition coefficient (Wildman–Crippen LogP) is 3.79. The molecule has 0 radical (unpaired) electrons. The van der Waals surface area contributed by atoms with Gasteiger partial charge in [-0.25, -0.2) is 0 Å². The molecule has 0 aliphatic heterocycles. The molecule has 1 saturated carbocycles. The van der Waals surface area contributed by atoms with Crippen molar-refractivity contribution in [2.45, 2.75) is 32.6 Å². The molecule has 2 nitrogen and oxygen atoms in total. The van der Waals surface area contributed by atoms with Crippen molar-refractivity contribution in [3.63, 3.8) is 0 Å². The third kappa shape index (κ3) is 3.26. The van der Waals surface area contributed by atoms with Gasteiger partial charge in [0.2, 0.25) is 5.91 Å². The molecule has 0 unspecified atom stereocenters. The lowest BCUT2D eigenvalue weighted by Gasteiger charge is -2.23. The smallest absolute Gasteiger partial charge is 0.241 e. The molecule has 3 heteroatoms. The fourth-order valence-electron chi connectivity index (χ4n) is 2.03. The molecule has 1 aliphatic rings. The number of nitrogens with zero attached hydrogens (tertiary/aromatic N) is 1. The van der Waals surface area contributed by atoms with Crippen molar-refractivity contribution in [1.82, 2.24) is 0 Å². The van der Waals surface area contributed by atoms with E-state index in [2.05, 4.69) is 26.0 Å². The minimum Gasteiger partial charge on any atom is -0.311 e. The number of carbonyl (C=O) groups is 1. The molecule has 0 spiro atoms. The predicted molar refractivity (Wildman–Crippen MR) is 76.3 cm³/mol. The van der Waals surface area contributed by atoms with E-state index in [1.54, 1.807) is 0 Å². The Kier molecular flexibility index (Phi) is 4.28. The zero-order chi connectivity index (χ0) is 13.1. The van der Waals surface area contributed by atoms with Crippen molar-refractivity contribution >= 4 is 23.2 Å². The van der Waals surface area contributed by atoms with Gasteiger partial charge in [0.15, 0.2) is 0 Å². The Bertz CT molecular complexity index is 426. The Morgan fingerprint density at radius 1 is 1.44 bits per heavy atom. The average molecular weight is 266 g/mol. The minimum atomic E-state index is 0.00414. The standard InChI is InChI=1S/C15H20ClNO/c1-11(2)13-4-3-5-14(8-13)17(15(18)9-16)10-12-6-7-12/h3-5,8,11-12H,6-7,9-10H2,1-2H3. The van der Waals surface area contributed by atoms with E-state index in [4.69, 9.17) is 11.6 Å². The van der Waals surface area contributed by atoms with E-state index >= 15 is 0 Å². The highest BCUT2D eigenvalue weighted by atomic mass is 35.5. The van der Waals surface area contributed by atoms with Crippen molar-refractivity contribution in [1.29, 1.82) is 0 Å². The lowest BCUT2D eigenvalue weighted by Crippen LogP contribution is -2.33. The fraction of sp³-hybridized carbons (Fsp3) is 0.533. The van der Waals surface area contributed by atoms with E-state index in [9.17, 15) is 4.79 Å². The largest absolute Gasteiger partial charge is 0.311 e. The van der Waals surface area contributed by atoms with Crippen LogP contribution in [0.15, 0.2) is 24.3 Å². The molecule has 0 saturated heterocycles. The molecule has 1 fully saturated rings. The van der Waals surface area contributed by atoms with Crippen LogP contribution in [0.2, 0.25) is 0 Å². The highest BCUT2D eigenvalue weighted by Gasteiger charge is 2.27. The van der Waals surface area contributed by atoms with Crippen LogP contribution in [-0.4, -0.2) is 18.3 Å². The molecule has 1 aromatic rings. The normalized spacial score (nSPS) is 14.9. The van der Waals surface area contributed by atoms with E-state index < -0.39 is 0 Å². The second-order valence-electron chi connectivity index (χ2n) is 5.33. The van der Waals surface area contributed by atoms with Crippen LogP contribution in [0.3, 0.4) is 0 Å². The summed E-state index contributed by atoms with van der Waals surface area (Å²) < 4.78 is 0. The number of alkyl halides is 1. The lowest BCUT2D eigenvalue weighted by molar-refractivity contribution is -0.116. The van der Waals surface area contributed by atoms with Gasteiger partial charge in [-0.1, -0.05) is 26.0 Å². The molecular formula is C15H20ClNO. The van der Waals surface area contributed by atoms with Crippen molar-refractivity contribution < 1.29 is 4.79 Å². The number of anilines is 1. The first kappa shape index (κ1) is 13.4. The maximum Gasteiger partial charge on any atom is 0.241 e. The van der Waals surface area contributed by atoms with Gasteiger partial charge in [0.05, 0.1) is 0 Å². The first-order valence-electron chi connectivity index (χ1n) is 6.58. The Hall–Kier alpha value is -1.02. The quantitative estimate of drug-likeness (QED) is 0.742. The van der Waals surface area contributed by atoms with Crippen LogP contribution >= 0.6 is 11.6 Å². The number of carbonyl (C=O) groups excluding carboxylic acids is 1. The second kappa shape index (κ2) is 5.75. The second-order valence-corrected chi connectivity index (χ2v) is 5.60. The van der Waals surface area contributed by atoms with E-state index in [0.29, 0.717) is 11.8 Å². The first-order valence-corrected chi connectivity index (χ1v) is 7.11. The summed E-state index contributed by atoms with van der Waals surface area (Å²) in [5, 5.41) is 0. The van der Waals surface area contributed by atoms with Gasteiger partial charge in [-0.2, -0.15) is 0 Å². The van der Waals surface area contributed by atoms with E-state index in [1.165, 1.54) is 18.4 Å². The van der Waals surface area contributed by atoms with Crippen molar-refractivity contribution in [3.8, 4) is 0 Å². The summed E-state index contributed by atoms with van der Waals surface area (Å²) in [6.07, 6.45) is 2.46. The summed E-state index contributed by atoms with van der Waals surface area (Å²) in [5.41, 5.74) is 2.24. The summed E-state index contributed by atoms with van der Waals surface area (Å²) in [4.78, 5) is 13.8. The summed E-state index contributed by atoms with van der Waals surface area (Å²) in [5.74, 6) is 1.20. The number of amides is 1.